The molecule has 0 aromatic carbocycles. The molecule has 19 heavy (non-hydrogen) atoms. The Morgan fingerprint density at radius 3 is 2.79 bits per heavy atom. The highest BCUT2D eigenvalue weighted by Crippen LogP contribution is 2.52. The summed E-state index contributed by atoms with van der Waals surface area (Å²) in [6, 6.07) is 0. The zero-order chi connectivity index (χ0) is 12.8. The van der Waals surface area contributed by atoms with Crippen LogP contribution in [0.5, 0.6) is 0 Å². The third kappa shape index (κ3) is 1.99. The van der Waals surface area contributed by atoms with Crippen LogP contribution in [0.2, 0.25) is 0 Å². The number of aliphatic hydroxyl groups excluding tert-OH is 1. The summed E-state index contributed by atoms with van der Waals surface area (Å²) in [5, 5.41) is 14.2. The Morgan fingerprint density at radius 2 is 2.05 bits per heavy atom. The Kier molecular flexibility index (Phi) is 2.84. The lowest BCUT2D eigenvalue weighted by atomic mass is 9.88. The second-order valence-electron chi connectivity index (χ2n) is 6.31. The molecule has 104 valence electrons. The van der Waals surface area contributed by atoms with Gasteiger partial charge in [0.1, 0.15) is 0 Å². The van der Waals surface area contributed by atoms with Gasteiger partial charge in [-0.05, 0) is 37.5 Å². The van der Waals surface area contributed by atoms with Crippen molar-refractivity contribution in [3.8, 4) is 0 Å². The minimum absolute atomic E-state index is 0.145. The van der Waals surface area contributed by atoms with Crippen molar-refractivity contribution in [3.05, 3.63) is 11.7 Å². The molecule has 2 aliphatic carbocycles. The molecule has 1 aromatic rings. The van der Waals surface area contributed by atoms with E-state index in [4.69, 9.17) is 9.26 Å². The van der Waals surface area contributed by atoms with Crippen molar-refractivity contribution in [1.82, 2.24) is 10.1 Å². The fourth-order valence-corrected chi connectivity index (χ4v) is 4.07. The molecule has 1 aromatic heterocycles. The van der Waals surface area contributed by atoms with E-state index in [1.165, 1.54) is 25.7 Å². The van der Waals surface area contributed by atoms with E-state index in [1.54, 1.807) is 0 Å². The molecular weight excluding hydrogens is 244 g/mol. The number of ether oxygens (including phenoxy) is 1. The topological polar surface area (TPSA) is 68.4 Å². The van der Waals surface area contributed by atoms with Crippen LogP contribution >= 0.6 is 0 Å². The van der Waals surface area contributed by atoms with Gasteiger partial charge in [0, 0.05) is 12.5 Å². The van der Waals surface area contributed by atoms with Crippen molar-refractivity contribution in [3.63, 3.8) is 0 Å². The van der Waals surface area contributed by atoms with Gasteiger partial charge in [-0.3, -0.25) is 0 Å². The van der Waals surface area contributed by atoms with E-state index < -0.39 is 6.10 Å². The Labute approximate surface area is 112 Å². The van der Waals surface area contributed by atoms with Crippen molar-refractivity contribution in [1.29, 1.82) is 0 Å². The van der Waals surface area contributed by atoms with Gasteiger partial charge in [0.2, 0.25) is 5.89 Å². The van der Waals surface area contributed by atoms with Gasteiger partial charge in [-0.15, -0.1) is 0 Å². The van der Waals surface area contributed by atoms with Crippen LogP contribution in [-0.4, -0.2) is 34.6 Å². The number of hydrogen-bond acceptors (Lipinski definition) is 5. The molecule has 1 aliphatic heterocycles. The lowest BCUT2D eigenvalue weighted by molar-refractivity contribution is -0.0149. The fourth-order valence-electron chi connectivity index (χ4n) is 4.07. The first-order valence-corrected chi connectivity index (χ1v) is 7.40. The molecule has 0 amide bonds. The van der Waals surface area contributed by atoms with Crippen molar-refractivity contribution in [2.45, 2.75) is 50.0 Å². The number of fused-ring (bicyclic) bond motifs is 2. The van der Waals surface area contributed by atoms with Crippen LogP contribution in [0.3, 0.4) is 0 Å². The van der Waals surface area contributed by atoms with Gasteiger partial charge in [0.25, 0.3) is 0 Å². The van der Waals surface area contributed by atoms with E-state index in [-0.39, 0.29) is 5.92 Å². The number of rotatable bonds is 2. The first-order chi connectivity index (χ1) is 9.31. The summed E-state index contributed by atoms with van der Waals surface area (Å²) in [5.41, 5.74) is 0. The summed E-state index contributed by atoms with van der Waals surface area (Å²) in [6.07, 6.45) is 5.48. The minimum atomic E-state index is -0.415. The Morgan fingerprint density at radius 1 is 1.11 bits per heavy atom. The molecule has 2 saturated carbocycles. The summed E-state index contributed by atoms with van der Waals surface area (Å²) >= 11 is 0. The molecular formula is C14H20N2O3. The van der Waals surface area contributed by atoms with Crippen LogP contribution in [0.25, 0.3) is 0 Å². The summed E-state index contributed by atoms with van der Waals surface area (Å²) in [5.74, 6) is 3.39. The summed E-state index contributed by atoms with van der Waals surface area (Å²) in [6.45, 7) is 1.10. The van der Waals surface area contributed by atoms with Crippen LogP contribution in [0.4, 0.5) is 0 Å². The molecule has 5 atom stereocenters. The summed E-state index contributed by atoms with van der Waals surface area (Å²) in [4.78, 5) is 4.57. The molecule has 2 heterocycles. The maximum absolute atomic E-state index is 9.99. The second-order valence-corrected chi connectivity index (χ2v) is 6.31. The average Bonchev–Trinajstić information content (AvgIpc) is 3.15. The highest BCUT2D eigenvalue weighted by molar-refractivity contribution is 5.08. The van der Waals surface area contributed by atoms with Crippen molar-refractivity contribution in [2.75, 3.05) is 13.2 Å². The standard InChI is InChI=1S/C14H20N2O3/c17-12-3-4-18-7-11(12)14-15-13(16-19-14)10-6-8-1-2-9(10)5-8/h8-12,17H,1-7H2. The predicted molar refractivity (Wildman–Crippen MR) is 66.7 cm³/mol. The molecule has 1 N–H and O–H groups in total. The first kappa shape index (κ1) is 11.9. The molecule has 3 aliphatic rings. The summed E-state index contributed by atoms with van der Waals surface area (Å²) < 4.78 is 10.8. The van der Waals surface area contributed by atoms with E-state index in [0.717, 1.165) is 17.7 Å². The van der Waals surface area contributed by atoms with E-state index >= 15 is 0 Å². The average molecular weight is 264 g/mol. The first-order valence-electron chi connectivity index (χ1n) is 7.40. The molecule has 2 bridgehead atoms. The van der Waals surface area contributed by atoms with Crippen molar-refractivity contribution in [2.24, 2.45) is 11.8 Å². The summed E-state index contributed by atoms with van der Waals surface area (Å²) in [7, 11) is 0. The van der Waals surface area contributed by atoms with Gasteiger partial charge in [0.05, 0.1) is 18.6 Å². The molecule has 3 fully saturated rings. The number of aromatic nitrogens is 2. The zero-order valence-electron chi connectivity index (χ0n) is 11.0. The monoisotopic (exact) mass is 264 g/mol. The quantitative estimate of drug-likeness (QED) is 0.882. The Bertz CT molecular complexity index is 445. The number of aliphatic hydroxyl groups is 1. The second kappa shape index (κ2) is 4.56. The van der Waals surface area contributed by atoms with Crippen molar-refractivity contribution >= 4 is 0 Å². The molecule has 0 spiro atoms. The van der Waals surface area contributed by atoms with Gasteiger partial charge >= 0.3 is 0 Å². The third-order valence-corrected chi connectivity index (χ3v) is 5.16. The van der Waals surface area contributed by atoms with E-state index in [0.29, 0.717) is 31.4 Å². The fraction of sp³-hybridized carbons (Fsp3) is 0.857. The van der Waals surface area contributed by atoms with Gasteiger partial charge in [-0.1, -0.05) is 11.6 Å². The molecule has 5 nitrogen and oxygen atoms in total. The number of hydrogen-bond donors (Lipinski definition) is 1. The molecule has 5 heteroatoms. The lowest BCUT2D eigenvalue weighted by Gasteiger charge is -2.24. The maximum Gasteiger partial charge on any atom is 0.234 e. The normalized spacial score (nSPS) is 41.8. The predicted octanol–water partition coefficient (Wildman–Crippen LogP) is 1.84. The van der Waals surface area contributed by atoms with E-state index in [1.807, 2.05) is 0 Å². The Balaban J connectivity index is 1.53. The third-order valence-electron chi connectivity index (χ3n) is 5.16. The van der Waals surface area contributed by atoms with E-state index in [2.05, 4.69) is 10.1 Å². The van der Waals surface area contributed by atoms with Crippen LogP contribution in [0.15, 0.2) is 4.52 Å². The molecule has 1 saturated heterocycles. The highest BCUT2D eigenvalue weighted by atomic mass is 16.5. The van der Waals surface area contributed by atoms with Crippen LogP contribution < -0.4 is 0 Å². The molecule has 5 unspecified atom stereocenters. The van der Waals surface area contributed by atoms with Crippen LogP contribution in [0.1, 0.15) is 55.7 Å². The van der Waals surface area contributed by atoms with Gasteiger partial charge in [0.15, 0.2) is 5.82 Å². The van der Waals surface area contributed by atoms with Gasteiger partial charge in [-0.25, -0.2) is 0 Å². The van der Waals surface area contributed by atoms with E-state index in [9.17, 15) is 5.11 Å². The highest BCUT2D eigenvalue weighted by Gasteiger charge is 2.43. The SMILES string of the molecule is OC1CCOCC1c1nc(C2CC3CCC2C3)no1. The van der Waals surface area contributed by atoms with Crippen LogP contribution in [-0.2, 0) is 4.74 Å². The maximum atomic E-state index is 9.99. The van der Waals surface area contributed by atoms with Gasteiger partial charge < -0.3 is 14.4 Å². The lowest BCUT2D eigenvalue weighted by Crippen LogP contribution is -2.30. The Hall–Kier alpha value is -0.940. The smallest absolute Gasteiger partial charge is 0.234 e. The minimum Gasteiger partial charge on any atom is -0.392 e. The largest absolute Gasteiger partial charge is 0.392 e. The number of nitrogens with zero attached hydrogens (tertiary/aromatic N) is 2. The van der Waals surface area contributed by atoms with Crippen LogP contribution in [0, 0.1) is 11.8 Å². The van der Waals surface area contributed by atoms with Crippen molar-refractivity contribution < 1.29 is 14.4 Å². The van der Waals surface area contributed by atoms with Gasteiger partial charge in [-0.2, -0.15) is 4.98 Å². The molecule has 0 radical (unpaired) electrons. The molecule has 4 rings (SSSR count). The zero-order valence-corrected chi connectivity index (χ0v) is 11.0.